The smallest absolute Gasteiger partial charge is 0.0662 e. The SMILES string of the molecule is Cl.OCCO.[Ru]. The van der Waals surface area contributed by atoms with E-state index in [1.807, 2.05) is 0 Å². The third-order valence-corrected chi connectivity index (χ3v) is 0.1000. The Hall–Kier alpha value is 0.833. The van der Waals surface area contributed by atoms with E-state index < -0.39 is 0 Å². The summed E-state index contributed by atoms with van der Waals surface area (Å²) in [5.41, 5.74) is 0. The number of aliphatic hydroxyl groups is 2. The molecule has 0 unspecified atom stereocenters. The summed E-state index contributed by atoms with van der Waals surface area (Å²) in [4.78, 5) is 0. The van der Waals surface area contributed by atoms with Crippen LogP contribution in [0.2, 0.25) is 0 Å². The van der Waals surface area contributed by atoms with E-state index in [1.165, 1.54) is 0 Å². The first-order chi connectivity index (χ1) is 1.91. The molecular weight excluding hydrogens is 193 g/mol. The Bertz CT molecular complexity index is 13.5. The van der Waals surface area contributed by atoms with Crippen LogP contribution in [-0.4, -0.2) is 23.4 Å². The van der Waals surface area contributed by atoms with E-state index in [0.29, 0.717) is 0 Å². The van der Waals surface area contributed by atoms with E-state index in [1.54, 1.807) is 0 Å². The molecule has 0 bridgehead atoms. The van der Waals surface area contributed by atoms with Gasteiger partial charge in [-0.1, -0.05) is 0 Å². The average Bonchev–Trinajstić information content (AvgIpc) is 1.37. The minimum atomic E-state index is -0.125. The second-order valence-electron chi connectivity index (χ2n) is 0.447. The van der Waals surface area contributed by atoms with Gasteiger partial charge in [0.2, 0.25) is 0 Å². The largest absolute Gasteiger partial charge is 0.394 e. The van der Waals surface area contributed by atoms with Crippen molar-refractivity contribution in [2.24, 2.45) is 0 Å². The molecule has 0 radical (unpaired) electrons. The van der Waals surface area contributed by atoms with Gasteiger partial charge >= 0.3 is 0 Å². The number of halogens is 1. The number of rotatable bonds is 1. The maximum absolute atomic E-state index is 7.62. The third-order valence-electron chi connectivity index (χ3n) is 0.1000. The summed E-state index contributed by atoms with van der Waals surface area (Å²) in [6.07, 6.45) is 0. The van der Waals surface area contributed by atoms with Crippen LogP contribution in [0.15, 0.2) is 0 Å². The zero-order valence-electron chi connectivity index (χ0n) is 3.07. The van der Waals surface area contributed by atoms with Gasteiger partial charge in [0.25, 0.3) is 0 Å². The first-order valence-corrected chi connectivity index (χ1v) is 1.13. The monoisotopic (exact) mass is 200 g/mol. The van der Waals surface area contributed by atoms with E-state index in [2.05, 4.69) is 0 Å². The van der Waals surface area contributed by atoms with Gasteiger partial charge in [-0.3, -0.25) is 0 Å². The Morgan fingerprint density at radius 3 is 1.17 bits per heavy atom. The van der Waals surface area contributed by atoms with Crippen molar-refractivity contribution in [1.29, 1.82) is 0 Å². The molecule has 0 aliphatic carbocycles. The van der Waals surface area contributed by atoms with Gasteiger partial charge in [-0.05, 0) is 0 Å². The molecule has 0 amide bonds. The van der Waals surface area contributed by atoms with E-state index in [9.17, 15) is 0 Å². The van der Waals surface area contributed by atoms with Crippen molar-refractivity contribution in [2.75, 3.05) is 13.2 Å². The maximum Gasteiger partial charge on any atom is 0.0662 e. The Morgan fingerprint density at radius 1 is 1.00 bits per heavy atom. The first-order valence-electron chi connectivity index (χ1n) is 1.13. The van der Waals surface area contributed by atoms with Crippen molar-refractivity contribution in [3.63, 3.8) is 0 Å². The predicted octanol–water partition coefficient (Wildman–Crippen LogP) is -0.610. The maximum atomic E-state index is 7.62. The standard InChI is InChI=1S/C2H6O2.ClH.Ru/c3-1-2-4;;/h3-4H,1-2H2;1H;. The minimum absolute atomic E-state index is 0. The van der Waals surface area contributed by atoms with Crippen LogP contribution in [0.1, 0.15) is 0 Å². The molecule has 0 heterocycles. The topological polar surface area (TPSA) is 40.5 Å². The van der Waals surface area contributed by atoms with E-state index >= 15 is 0 Å². The fraction of sp³-hybridized carbons (Fsp3) is 1.00. The number of hydrogen-bond acceptors (Lipinski definition) is 2. The van der Waals surface area contributed by atoms with Crippen LogP contribution < -0.4 is 0 Å². The fourth-order valence-electron chi connectivity index (χ4n) is 0. The third kappa shape index (κ3) is 21.1. The van der Waals surface area contributed by atoms with Crippen molar-refractivity contribution in [2.45, 2.75) is 0 Å². The van der Waals surface area contributed by atoms with Crippen molar-refractivity contribution in [1.82, 2.24) is 0 Å². The van der Waals surface area contributed by atoms with Gasteiger partial charge in [0.05, 0.1) is 13.2 Å². The second-order valence-corrected chi connectivity index (χ2v) is 0.447. The molecule has 2 nitrogen and oxygen atoms in total. The molecule has 0 saturated carbocycles. The van der Waals surface area contributed by atoms with Gasteiger partial charge in [-0.25, -0.2) is 0 Å². The molecule has 0 aromatic heterocycles. The molecule has 0 fully saturated rings. The van der Waals surface area contributed by atoms with E-state index in [-0.39, 0.29) is 45.1 Å². The summed E-state index contributed by atoms with van der Waals surface area (Å²) in [6.45, 7) is -0.250. The summed E-state index contributed by atoms with van der Waals surface area (Å²) >= 11 is 0. The van der Waals surface area contributed by atoms with Gasteiger partial charge in [-0.2, -0.15) is 0 Å². The molecule has 6 heavy (non-hydrogen) atoms. The molecule has 0 saturated heterocycles. The fourth-order valence-corrected chi connectivity index (χ4v) is 0. The molecule has 2 N–H and O–H groups in total. The van der Waals surface area contributed by atoms with Crippen LogP contribution in [0, 0.1) is 0 Å². The minimum Gasteiger partial charge on any atom is -0.394 e. The molecule has 0 spiro atoms. The summed E-state index contributed by atoms with van der Waals surface area (Å²) in [6, 6.07) is 0. The van der Waals surface area contributed by atoms with Gasteiger partial charge in [0.15, 0.2) is 0 Å². The van der Waals surface area contributed by atoms with Gasteiger partial charge in [0, 0.05) is 19.5 Å². The van der Waals surface area contributed by atoms with Crippen LogP contribution in [0.3, 0.4) is 0 Å². The van der Waals surface area contributed by atoms with Crippen molar-refractivity contribution in [3.05, 3.63) is 0 Å². The zero-order valence-corrected chi connectivity index (χ0v) is 5.63. The van der Waals surface area contributed by atoms with Crippen LogP contribution in [0.25, 0.3) is 0 Å². The number of hydrogen-bond donors (Lipinski definition) is 2. The van der Waals surface area contributed by atoms with Gasteiger partial charge in [-0.15, -0.1) is 12.4 Å². The molecule has 0 aliphatic heterocycles. The molecule has 0 aromatic carbocycles. The Balaban J connectivity index is -0.0000000450. The van der Waals surface area contributed by atoms with Crippen LogP contribution >= 0.6 is 12.4 Å². The molecular formula is C2H7ClO2Ru. The van der Waals surface area contributed by atoms with E-state index in [4.69, 9.17) is 10.2 Å². The summed E-state index contributed by atoms with van der Waals surface area (Å²) in [7, 11) is 0. The Labute approximate surface area is 55.7 Å². The molecule has 4 heteroatoms. The summed E-state index contributed by atoms with van der Waals surface area (Å²) < 4.78 is 0. The van der Waals surface area contributed by atoms with E-state index in [0.717, 1.165) is 0 Å². The van der Waals surface area contributed by atoms with Crippen molar-refractivity contribution < 1.29 is 29.7 Å². The quantitative estimate of drug-likeness (QED) is 0.554. The van der Waals surface area contributed by atoms with Crippen molar-refractivity contribution >= 4 is 12.4 Å². The molecule has 0 atom stereocenters. The normalized spacial score (nSPS) is 5.00. The van der Waals surface area contributed by atoms with Gasteiger partial charge < -0.3 is 10.2 Å². The average molecular weight is 200 g/mol. The molecule has 42 valence electrons. The first kappa shape index (κ1) is 15.8. The van der Waals surface area contributed by atoms with Crippen LogP contribution in [-0.2, 0) is 19.5 Å². The molecule has 0 rings (SSSR count). The van der Waals surface area contributed by atoms with Gasteiger partial charge in [0.1, 0.15) is 0 Å². The van der Waals surface area contributed by atoms with Crippen molar-refractivity contribution in [3.8, 4) is 0 Å². The Kier molecular flexibility index (Phi) is 44.8. The Morgan fingerprint density at radius 2 is 1.17 bits per heavy atom. The van der Waals surface area contributed by atoms with Crippen LogP contribution in [0.5, 0.6) is 0 Å². The molecule has 0 aliphatic rings. The zero-order chi connectivity index (χ0) is 3.41. The second kappa shape index (κ2) is 17.0. The number of aliphatic hydroxyl groups excluding tert-OH is 2. The molecule has 0 aromatic rings. The summed E-state index contributed by atoms with van der Waals surface area (Å²) in [5.74, 6) is 0. The van der Waals surface area contributed by atoms with Crippen LogP contribution in [0.4, 0.5) is 0 Å². The predicted molar refractivity (Wildman–Crippen MR) is 21.4 cm³/mol. The summed E-state index contributed by atoms with van der Waals surface area (Å²) in [5, 5.41) is 15.2.